The zero-order chi connectivity index (χ0) is 16.2. The molecule has 122 valence electrons. The second-order valence-corrected chi connectivity index (χ2v) is 6.39. The molecule has 0 aliphatic carbocycles. The molecule has 2 N–H and O–H groups in total. The fourth-order valence-corrected chi connectivity index (χ4v) is 3.24. The molecule has 1 atom stereocenters. The summed E-state index contributed by atoms with van der Waals surface area (Å²) in [5.41, 5.74) is 2.27. The highest BCUT2D eigenvalue weighted by atomic mass is 79.9. The lowest BCUT2D eigenvalue weighted by Crippen LogP contribution is -2.14. The number of halogens is 1. The molecule has 2 aromatic rings. The van der Waals surface area contributed by atoms with Crippen molar-refractivity contribution in [2.45, 2.75) is 25.6 Å². The molecule has 1 saturated heterocycles. The van der Waals surface area contributed by atoms with E-state index >= 15 is 0 Å². The van der Waals surface area contributed by atoms with E-state index in [0.29, 0.717) is 16.6 Å². The zero-order valence-corrected chi connectivity index (χ0v) is 14.3. The van der Waals surface area contributed by atoms with Crippen LogP contribution in [0.1, 0.15) is 18.4 Å². The fraction of sp³-hybridized carbons (Fsp3) is 0.333. The van der Waals surface area contributed by atoms with Gasteiger partial charge in [-0.1, -0.05) is 30.3 Å². The molecule has 23 heavy (non-hydrogen) atoms. The van der Waals surface area contributed by atoms with Crippen LogP contribution in [-0.4, -0.2) is 29.5 Å². The maximum Gasteiger partial charge on any atom is 0.133 e. The first-order chi connectivity index (χ1) is 11.2. The lowest BCUT2D eigenvalue weighted by molar-refractivity contribution is 0.0105. The highest BCUT2D eigenvalue weighted by molar-refractivity contribution is 9.10. The summed E-state index contributed by atoms with van der Waals surface area (Å²) in [5.74, 6) is 0.0329. The predicted molar refractivity (Wildman–Crippen MR) is 91.5 cm³/mol. The largest absolute Gasteiger partial charge is 0.507 e. The van der Waals surface area contributed by atoms with Crippen LogP contribution in [0.15, 0.2) is 40.9 Å². The third kappa shape index (κ3) is 3.68. The topological polar surface area (TPSA) is 58.9 Å². The second kappa shape index (κ2) is 7.34. The maximum atomic E-state index is 10.3. The van der Waals surface area contributed by atoms with Gasteiger partial charge >= 0.3 is 0 Å². The Hall–Kier alpha value is -1.56. The van der Waals surface area contributed by atoms with Crippen LogP contribution < -0.4 is 0 Å². The molecule has 1 heterocycles. The van der Waals surface area contributed by atoms with Crippen LogP contribution in [0.5, 0.6) is 11.5 Å². The van der Waals surface area contributed by atoms with Gasteiger partial charge in [-0.2, -0.15) is 0 Å². The van der Waals surface area contributed by atoms with Crippen molar-refractivity contribution in [1.82, 2.24) is 0 Å². The summed E-state index contributed by atoms with van der Waals surface area (Å²) in [4.78, 5) is 0. The summed E-state index contributed by atoms with van der Waals surface area (Å²) in [7, 11) is 0. The molecule has 0 amide bonds. The monoisotopic (exact) mass is 378 g/mol. The van der Waals surface area contributed by atoms with E-state index in [0.717, 1.165) is 30.6 Å². The van der Waals surface area contributed by atoms with Crippen molar-refractivity contribution in [2.75, 3.05) is 13.2 Å². The van der Waals surface area contributed by atoms with Crippen LogP contribution >= 0.6 is 15.9 Å². The van der Waals surface area contributed by atoms with Crippen LogP contribution in [0.3, 0.4) is 0 Å². The smallest absolute Gasteiger partial charge is 0.133 e. The van der Waals surface area contributed by atoms with Crippen molar-refractivity contribution in [3.63, 3.8) is 0 Å². The van der Waals surface area contributed by atoms with Crippen LogP contribution in [0.25, 0.3) is 11.1 Å². The molecule has 2 aromatic carbocycles. The molecular formula is C18H19BrO4. The normalized spacial score (nSPS) is 17.5. The third-order valence-electron chi connectivity index (χ3n) is 3.96. The van der Waals surface area contributed by atoms with Gasteiger partial charge in [0.25, 0.3) is 0 Å². The Morgan fingerprint density at radius 1 is 1.17 bits per heavy atom. The lowest BCUT2D eigenvalue weighted by atomic mass is 9.98. The van der Waals surface area contributed by atoms with Crippen molar-refractivity contribution < 1.29 is 19.7 Å². The predicted octanol–water partition coefficient (Wildman–Crippen LogP) is 4.22. The van der Waals surface area contributed by atoms with Gasteiger partial charge in [-0.05, 0) is 34.3 Å². The third-order valence-corrected chi connectivity index (χ3v) is 4.84. The highest BCUT2D eigenvalue weighted by Gasteiger charge is 2.20. The van der Waals surface area contributed by atoms with E-state index in [1.807, 2.05) is 30.3 Å². The summed E-state index contributed by atoms with van der Waals surface area (Å²) in [5, 5.41) is 20.3. The number of phenols is 2. The number of benzene rings is 2. The van der Waals surface area contributed by atoms with E-state index in [1.165, 1.54) is 6.07 Å². The number of aromatic hydroxyl groups is 2. The molecule has 0 saturated carbocycles. The first kappa shape index (κ1) is 16.3. The van der Waals surface area contributed by atoms with Gasteiger partial charge in [-0.15, -0.1) is 0 Å². The van der Waals surface area contributed by atoms with E-state index in [1.54, 1.807) is 0 Å². The van der Waals surface area contributed by atoms with Gasteiger partial charge in [0.1, 0.15) is 11.5 Å². The van der Waals surface area contributed by atoms with E-state index in [4.69, 9.17) is 9.47 Å². The quantitative estimate of drug-likeness (QED) is 0.817. The summed E-state index contributed by atoms with van der Waals surface area (Å²) >= 11 is 3.40. The average molecular weight is 379 g/mol. The summed E-state index contributed by atoms with van der Waals surface area (Å²) in [6.07, 6.45) is 2.22. The minimum absolute atomic E-state index is 0.00195. The number of hydrogen-bond donors (Lipinski definition) is 2. The Morgan fingerprint density at radius 2 is 1.96 bits per heavy atom. The fourth-order valence-electron chi connectivity index (χ4n) is 2.81. The SMILES string of the molecule is Oc1cc(O)c(-c2ccccc2)c(COCC2CCCO2)c1Br. The second-order valence-electron chi connectivity index (χ2n) is 5.60. The molecule has 4 nitrogen and oxygen atoms in total. The average Bonchev–Trinajstić information content (AvgIpc) is 3.06. The molecule has 0 bridgehead atoms. The maximum absolute atomic E-state index is 10.3. The first-order valence-electron chi connectivity index (χ1n) is 7.65. The molecule has 0 radical (unpaired) electrons. The first-order valence-corrected chi connectivity index (χ1v) is 8.44. The Labute approximate surface area is 143 Å². The number of rotatable bonds is 5. The van der Waals surface area contributed by atoms with Crippen LogP contribution in [0, 0.1) is 0 Å². The van der Waals surface area contributed by atoms with E-state index in [-0.39, 0.29) is 24.2 Å². The number of ether oxygens (including phenoxy) is 2. The van der Waals surface area contributed by atoms with E-state index in [2.05, 4.69) is 15.9 Å². The molecule has 0 aromatic heterocycles. The molecule has 1 aliphatic rings. The Bertz CT molecular complexity index is 666. The van der Waals surface area contributed by atoms with Crippen molar-refractivity contribution in [2.24, 2.45) is 0 Å². The molecule has 5 heteroatoms. The van der Waals surface area contributed by atoms with Gasteiger partial charge < -0.3 is 19.7 Å². The van der Waals surface area contributed by atoms with Crippen molar-refractivity contribution >= 4 is 15.9 Å². The van der Waals surface area contributed by atoms with Crippen LogP contribution in [0.4, 0.5) is 0 Å². The highest BCUT2D eigenvalue weighted by Crippen LogP contribution is 2.42. The molecule has 1 fully saturated rings. The number of phenolic OH excluding ortho intramolecular Hbond substituents is 2. The van der Waals surface area contributed by atoms with Crippen molar-refractivity contribution in [1.29, 1.82) is 0 Å². The number of hydrogen-bond acceptors (Lipinski definition) is 4. The minimum atomic E-state index is -0.00195. The molecule has 1 aliphatic heterocycles. The molecular weight excluding hydrogens is 360 g/mol. The van der Waals surface area contributed by atoms with Crippen molar-refractivity contribution in [3.05, 3.63) is 46.4 Å². The molecule has 1 unspecified atom stereocenters. The standard InChI is InChI=1S/C18H19BrO4/c19-18-14(11-22-10-13-7-4-8-23-13)17(15(20)9-16(18)21)12-5-2-1-3-6-12/h1-3,5-6,9,13,20-21H,4,7-8,10-11H2. The lowest BCUT2D eigenvalue weighted by Gasteiger charge is -2.17. The minimum Gasteiger partial charge on any atom is -0.507 e. The Balaban J connectivity index is 1.87. The van der Waals surface area contributed by atoms with Gasteiger partial charge in [-0.25, -0.2) is 0 Å². The Kier molecular flexibility index (Phi) is 5.20. The summed E-state index contributed by atoms with van der Waals surface area (Å²) < 4.78 is 11.9. The van der Waals surface area contributed by atoms with Gasteiger partial charge in [0.05, 0.1) is 23.8 Å². The molecule has 3 rings (SSSR count). The van der Waals surface area contributed by atoms with E-state index in [9.17, 15) is 10.2 Å². The van der Waals surface area contributed by atoms with E-state index < -0.39 is 0 Å². The molecule has 0 spiro atoms. The Morgan fingerprint density at radius 3 is 2.65 bits per heavy atom. The van der Waals surface area contributed by atoms with Crippen LogP contribution in [-0.2, 0) is 16.1 Å². The van der Waals surface area contributed by atoms with Crippen LogP contribution in [0.2, 0.25) is 0 Å². The summed E-state index contributed by atoms with van der Waals surface area (Å²) in [6, 6.07) is 10.9. The van der Waals surface area contributed by atoms with Gasteiger partial charge in [-0.3, -0.25) is 0 Å². The van der Waals surface area contributed by atoms with Crippen molar-refractivity contribution in [3.8, 4) is 22.6 Å². The summed E-state index contributed by atoms with van der Waals surface area (Å²) in [6.45, 7) is 1.59. The van der Waals surface area contributed by atoms with Gasteiger partial charge in [0.15, 0.2) is 0 Å². The van der Waals surface area contributed by atoms with Gasteiger partial charge in [0, 0.05) is 23.8 Å². The zero-order valence-electron chi connectivity index (χ0n) is 12.7. The van der Waals surface area contributed by atoms with Gasteiger partial charge in [0.2, 0.25) is 0 Å².